The number of fused-ring (bicyclic) bond motifs is 31. The van der Waals surface area contributed by atoms with Crippen LogP contribution in [0.5, 0.6) is 0 Å². The van der Waals surface area contributed by atoms with Crippen LogP contribution < -0.4 is 0 Å². The van der Waals surface area contributed by atoms with Gasteiger partial charge < -0.3 is 18.1 Å². The van der Waals surface area contributed by atoms with E-state index in [1.165, 1.54) is 85.4 Å². The van der Waals surface area contributed by atoms with E-state index in [0.29, 0.717) is 11.9 Å². The quantitative estimate of drug-likeness (QED) is 0.129. The molecule has 0 spiro atoms. The summed E-state index contributed by atoms with van der Waals surface area (Å²) in [5.41, 5.74) is 30.2. The molecule has 0 saturated carbocycles. The molecule has 0 radical (unpaired) electrons. The smallest absolute Gasteiger partial charge is 0.235 e. The third kappa shape index (κ3) is 11.1. The third-order valence-electron chi connectivity index (χ3n) is 28.9. The lowest BCUT2D eigenvalue weighted by Crippen LogP contribution is -2.04. The fourth-order valence-corrected chi connectivity index (χ4v) is 24.1. The summed E-state index contributed by atoms with van der Waals surface area (Å²) in [5.74, 6) is 1.15. The van der Waals surface area contributed by atoms with E-state index in [2.05, 4.69) is 466 Å². The molecular formula is C126H73N9OS. The van der Waals surface area contributed by atoms with Crippen LogP contribution in [-0.2, 0) is 0 Å². The lowest BCUT2D eigenvalue weighted by molar-refractivity contribution is 0.673. The standard InChI is InChI=1S/C126H73N9OS/c1-5-28-75(29-6-1)119-91-40-15-21-46-102(91)127-126(129-119)135-111-73-82(54-62-93(111)116-118-95-43-20-26-51-113(95)137-124(118)90-39-14-13-38-89(90)121(116)135)86-44-27-45-96-114(86)123-117(94-42-19-25-50-112(94)136-123)115-92-41-18-24-49-106(92)134(122(96)115)125-128-103-63-55-77(72-101(103)120(130-125)76-30-7-2-8-31-76)74-52-60-85(61-53-74)133-105-48-23-17-37-88(105)98-69-79(57-65-108(98)133)81-59-67-110-100(71-81)99-70-80(58-66-109(99)132(110)84-34-11-4-12-35-84)78-56-64-107-97(68-78)87-36-16-22-47-104(87)131(107)83-32-9-3-10-33-83/h1-73H. The molecule has 0 aliphatic heterocycles. The van der Waals surface area contributed by atoms with Crippen LogP contribution in [0, 0.1) is 0 Å². The van der Waals surface area contributed by atoms with Crippen LogP contribution in [0.25, 0.3) is 290 Å². The molecule has 0 amide bonds. The van der Waals surface area contributed by atoms with E-state index < -0.39 is 0 Å². The van der Waals surface area contributed by atoms with E-state index in [1.54, 1.807) is 0 Å². The zero-order valence-corrected chi connectivity index (χ0v) is 74.3. The lowest BCUT2D eigenvalue weighted by atomic mass is 9.93. The summed E-state index contributed by atoms with van der Waals surface area (Å²) in [7, 11) is 0. The fourth-order valence-electron chi connectivity index (χ4n) is 22.9. The Morgan fingerprint density at radius 2 is 0.591 bits per heavy atom. The maximum atomic E-state index is 7.41. The molecule has 0 saturated heterocycles. The number of benzene rings is 21. The maximum absolute atomic E-state index is 7.41. The van der Waals surface area contributed by atoms with E-state index in [-0.39, 0.29) is 0 Å². The van der Waals surface area contributed by atoms with Gasteiger partial charge in [-0.1, -0.05) is 303 Å². The molecule has 30 aromatic rings. The number of rotatable bonds is 11. The maximum Gasteiger partial charge on any atom is 0.235 e. The third-order valence-corrected chi connectivity index (χ3v) is 30.1. The monoisotopic (exact) mass is 1760 g/mol. The van der Waals surface area contributed by atoms with Crippen LogP contribution in [0.2, 0.25) is 0 Å². The second-order valence-electron chi connectivity index (χ2n) is 36.2. The summed E-state index contributed by atoms with van der Waals surface area (Å²) in [5, 5.41) is 22.4. The van der Waals surface area contributed by atoms with Crippen molar-refractivity contribution in [1.82, 2.24) is 42.8 Å². The average molecular weight is 1760 g/mol. The molecule has 634 valence electrons. The molecule has 11 heteroatoms. The largest absolute Gasteiger partial charge is 0.455 e. The Balaban J connectivity index is 0.552. The second-order valence-corrected chi connectivity index (χ2v) is 37.2. The van der Waals surface area contributed by atoms with Crippen LogP contribution >= 0.6 is 11.3 Å². The molecule has 0 atom stereocenters. The van der Waals surface area contributed by atoms with Gasteiger partial charge in [0, 0.05) is 145 Å². The van der Waals surface area contributed by atoms with Crippen molar-refractivity contribution in [3.63, 3.8) is 0 Å². The molecule has 0 fully saturated rings. The molecule has 0 N–H and O–H groups in total. The number of thiophene rings is 1. The van der Waals surface area contributed by atoms with Gasteiger partial charge in [-0.2, -0.15) is 0 Å². The van der Waals surface area contributed by atoms with Gasteiger partial charge in [-0.15, -0.1) is 11.3 Å². The van der Waals surface area contributed by atoms with Crippen molar-refractivity contribution in [2.45, 2.75) is 0 Å². The Hall–Kier alpha value is -18.2. The van der Waals surface area contributed by atoms with Gasteiger partial charge in [-0.25, -0.2) is 19.9 Å². The second kappa shape index (κ2) is 29.2. The Morgan fingerprint density at radius 1 is 0.197 bits per heavy atom. The SMILES string of the molecule is c1ccc(-c2nc(-n3c4ccccc4c4c5c6ccccc6oc5c5c(-c6ccc7c8c9c%10ccccc%10sc9c9ccccc9c8n(-c8nc(-c9ccccc9)c9ccccc9n8)c7c6)cccc5c43)nc3ccc(-c4ccc(-n5c6ccccc6c6cc(-c7ccc8c(c7)c7cc(-c9ccc%10c(c9)c9ccccc9n%10-c9ccccc9)ccc7n8-c7ccccc7)ccc65)cc4)cc23)cc1. The highest BCUT2D eigenvalue weighted by molar-refractivity contribution is 7.27. The van der Waals surface area contributed by atoms with Crippen molar-refractivity contribution in [3.8, 4) is 96.0 Å². The van der Waals surface area contributed by atoms with Crippen LogP contribution in [0.3, 0.4) is 0 Å². The predicted octanol–water partition coefficient (Wildman–Crippen LogP) is 33.6. The minimum absolute atomic E-state index is 0.560. The Labute approximate surface area is 786 Å². The first kappa shape index (κ1) is 75.5. The van der Waals surface area contributed by atoms with Gasteiger partial charge in [0.2, 0.25) is 11.9 Å². The zero-order valence-electron chi connectivity index (χ0n) is 73.5. The zero-order chi connectivity index (χ0) is 89.3. The van der Waals surface area contributed by atoms with E-state index in [4.69, 9.17) is 24.4 Å². The number of furan rings is 1. The van der Waals surface area contributed by atoms with Crippen LogP contribution in [0.1, 0.15) is 0 Å². The molecule has 21 aromatic carbocycles. The molecule has 9 aromatic heterocycles. The van der Waals surface area contributed by atoms with Crippen molar-refractivity contribution >= 4 is 206 Å². The van der Waals surface area contributed by atoms with Crippen molar-refractivity contribution in [2.24, 2.45) is 0 Å². The van der Waals surface area contributed by atoms with E-state index >= 15 is 0 Å². The minimum Gasteiger partial charge on any atom is -0.455 e. The van der Waals surface area contributed by atoms with Gasteiger partial charge in [-0.3, -0.25) is 9.13 Å². The Kier molecular flexibility index (Phi) is 16.1. The lowest BCUT2D eigenvalue weighted by Gasteiger charge is -2.15. The Bertz CT molecular complexity index is 10400. The van der Waals surface area contributed by atoms with Gasteiger partial charge in [0.25, 0.3) is 0 Å². The van der Waals surface area contributed by atoms with E-state index in [1.807, 2.05) is 11.3 Å². The molecule has 30 rings (SSSR count). The number of nitrogens with zero attached hydrogens (tertiary/aromatic N) is 9. The first-order valence-corrected chi connectivity index (χ1v) is 47.5. The molecule has 9 heterocycles. The average Bonchev–Trinajstić information content (AvgIpc) is 1.53. The van der Waals surface area contributed by atoms with Gasteiger partial charge in [0.1, 0.15) is 11.2 Å². The Morgan fingerprint density at radius 3 is 1.19 bits per heavy atom. The molecule has 137 heavy (non-hydrogen) atoms. The number of hydrogen-bond donors (Lipinski definition) is 0. The topological polar surface area (TPSA) is 89.4 Å². The van der Waals surface area contributed by atoms with Gasteiger partial charge in [0.15, 0.2) is 0 Å². The summed E-state index contributed by atoms with van der Waals surface area (Å²) in [6.45, 7) is 0. The van der Waals surface area contributed by atoms with Crippen LogP contribution in [0.15, 0.2) is 447 Å². The predicted molar refractivity (Wildman–Crippen MR) is 572 cm³/mol. The highest BCUT2D eigenvalue weighted by Gasteiger charge is 2.31. The minimum atomic E-state index is 0.560. The normalized spacial score (nSPS) is 12.2. The summed E-state index contributed by atoms with van der Waals surface area (Å²) >= 11 is 1.86. The number of para-hydroxylation sites is 7. The van der Waals surface area contributed by atoms with Crippen molar-refractivity contribution in [2.75, 3.05) is 0 Å². The van der Waals surface area contributed by atoms with Crippen molar-refractivity contribution in [1.29, 1.82) is 0 Å². The number of aromatic nitrogens is 9. The summed E-state index contributed by atoms with van der Waals surface area (Å²) in [6.07, 6.45) is 0. The van der Waals surface area contributed by atoms with Gasteiger partial charge in [-0.05, 0) is 184 Å². The van der Waals surface area contributed by atoms with Crippen molar-refractivity contribution in [3.05, 3.63) is 443 Å². The summed E-state index contributed by atoms with van der Waals surface area (Å²) in [6, 6.07) is 161. The highest BCUT2D eigenvalue weighted by atomic mass is 32.1. The summed E-state index contributed by atoms with van der Waals surface area (Å²) < 4.78 is 21.8. The first-order valence-electron chi connectivity index (χ1n) is 46.6. The van der Waals surface area contributed by atoms with E-state index in [0.717, 1.165) is 193 Å². The molecular weight excluding hydrogens is 1690 g/mol. The van der Waals surface area contributed by atoms with Crippen LogP contribution in [-0.4, -0.2) is 42.8 Å². The molecule has 0 aliphatic carbocycles. The fraction of sp³-hybridized carbons (Fsp3) is 0. The molecule has 10 nitrogen and oxygen atoms in total. The van der Waals surface area contributed by atoms with E-state index in [9.17, 15) is 0 Å². The summed E-state index contributed by atoms with van der Waals surface area (Å²) in [4.78, 5) is 23.0. The van der Waals surface area contributed by atoms with Gasteiger partial charge >= 0.3 is 0 Å². The van der Waals surface area contributed by atoms with Gasteiger partial charge in [0.05, 0.1) is 77.6 Å². The molecule has 0 unspecified atom stereocenters. The van der Waals surface area contributed by atoms with Crippen LogP contribution in [0.4, 0.5) is 0 Å². The molecule has 0 bridgehead atoms. The molecule has 0 aliphatic rings. The highest BCUT2D eigenvalue weighted by Crippen LogP contribution is 2.54. The first-order chi connectivity index (χ1) is 68.0. The number of hydrogen-bond acceptors (Lipinski definition) is 6. The van der Waals surface area contributed by atoms with Crippen molar-refractivity contribution < 1.29 is 4.42 Å².